The van der Waals surface area contributed by atoms with Crippen LogP contribution >= 0.6 is 11.6 Å². The molecule has 22 heavy (non-hydrogen) atoms. The number of rotatable bonds is 5. The van der Waals surface area contributed by atoms with Crippen LogP contribution in [0, 0.1) is 6.92 Å². The van der Waals surface area contributed by atoms with Gasteiger partial charge in [0, 0.05) is 13.7 Å². The third-order valence-corrected chi connectivity index (χ3v) is 3.72. The van der Waals surface area contributed by atoms with Crippen LogP contribution in [0.15, 0.2) is 48.5 Å². The van der Waals surface area contributed by atoms with Gasteiger partial charge in [0.05, 0.1) is 16.8 Å². The van der Waals surface area contributed by atoms with Gasteiger partial charge >= 0.3 is 6.03 Å². The molecule has 0 fully saturated rings. The highest BCUT2D eigenvalue weighted by Crippen LogP contribution is 2.21. The van der Waals surface area contributed by atoms with Crippen molar-refractivity contribution in [3.63, 3.8) is 0 Å². The molecule has 0 unspecified atom stereocenters. The molecule has 0 saturated carbocycles. The van der Waals surface area contributed by atoms with Crippen LogP contribution in [-0.2, 0) is 4.74 Å². The fraction of sp³-hybridized carbons (Fsp3) is 0.235. The molecule has 0 aliphatic heterocycles. The van der Waals surface area contributed by atoms with Crippen molar-refractivity contribution in [3.05, 3.63) is 64.7 Å². The second kappa shape index (κ2) is 7.82. The molecular formula is C17H19ClN2O2. The standard InChI is InChI=1S/C17H19ClN2O2/c1-12-7-3-4-8-13(12)16(22-2)11-19-17(21)20-15-10-6-5-9-14(15)18/h3-10,16H,11H2,1-2H3,(H2,19,20,21)/t16-/m0/s1. The molecule has 0 bridgehead atoms. The topological polar surface area (TPSA) is 50.4 Å². The van der Waals surface area contributed by atoms with E-state index in [0.29, 0.717) is 17.3 Å². The molecule has 0 spiro atoms. The minimum Gasteiger partial charge on any atom is -0.375 e. The summed E-state index contributed by atoms with van der Waals surface area (Å²) in [6.07, 6.45) is -0.196. The van der Waals surface area contributed by atoms with Crippen molar-refractivity contribution in [2.45, 2.75) is 13.0 Å². The van der Waals surface area contributed by atoms with Crippen LogP contribution < -0.4 is 10.6 Å². The maximum Gasteiger partial charge on any atom is 0.319 e. The van der Waals surface area contributed by atoms with Crippen molar-refractivity contribution in [2.75, 3.05) is 19.0 Å². The molecule has 5 heteroatoms. The van der Waals surface area contributed by atoms with Crippen molar-refractivity contribution in [1.29, 1.82) is 0 Å². The summed E-state index contributed by atoms with van der Waals surface area (Å²) in [5.41, 5.74) is 2.76. The molecule has 2 rings (SSSR count). The van der Waals surface area contributed by atoms with E-state index in [1.54, 1.807) is 19.2 Å². The summed E-state index contributed by atoms with van der Waals surface area (Å²) < 4.78 is 5.47. The molecular weight excluding hydrogens is 300 g/mol. The summed E-state index contributed by atoms with van der Waals surface area (Å²) in [7, 11) is 1.63. The first-order valence-electron chi connectivity index (χ1n) is 6.99. The molecule has 4 nitrogen and oxygen atoms in total. The number of hydrogen-bond donors (Lipinski definition) is 2. The summed E-state index contributed by atoms with van der Waals surface area (Å²) in [4.78, 5) is 12.0. The zero-order valence-electron chi connectivity index (χ0n) is 12.6. The first-order chi connectivity index (χ1) is 10.6. The van der Waals surface area contributed by atoms with Gasteiger partial charge in [-0.25, -0.2) is 4.79 Å². The molecule has 2 aromatic rings. The molecule has 2 N–H and O–H groups in total. The SMILES string of the molecule is CO[C@@H](CNC(=O)Nc1ccccc1Cl)c1ccccc1C. The average molecular weight is 319 g/mol. The maximum atomic E-state index is 12.0. The number of methoxy groups -OCH3 is 1. The van der Waals surface area contributed by atoms with Crippen LogP contribution in [0.5, 0.6) is 0 Å². The maximum absolute atomic E-state index is 12.0. The largest absolute Gasteiger partial charge is 0.375 e. The molecule has 0 radical (unpaired) electrons. The van der Waals surface area contributed by atoms with E-state index >= 15 is 0 Å². The molecule has 2 aromatic carbocycles. The number of benzene rings is 2. The van der Waals surface area contributed by atoms with Crippen LogP contribution in [-0.4, -0.2) is 19.7 Å². The van der Waals surface area contributed by atoms with E-state index in [1.807, 2.05) is 43.3 Å². The van der Waals surface area contributed by atoms with Crippen molar-refractivity contribution in [3.8, 4) is 0 Å². The average Bonchev–Trinajstić information content (AvgIpc) is 2.52. The van der Waals surface area contributed by atoms with Gasteiger partial charge in [-0.05, 0) is 30.2 Å². The molecule has 1 atom stereocenters. The molecule has 0 aromatic heterocycles. The monoisotopic (exact) mass is 318 g/mol. The fourth-order valence-electron chi connectivity index (χ4n) is 2.18. The van der Waals surface area contributed by atoms with Gasteiger partial charge in [-0.2, -0.15) is 0 Å². The van der Waals surface area contributed by atoms with E-state index in [0.717, 1.165) is 11.1 Å². The summed E-state index contributed by atoms with van der Waals surface area (Å²) >= 11 is 6.01. The third-order valence-electron chi connectivity index (χ3n) is 3.39. The van der Waals surface area contributed by atoms with Gasteiger partial charge in [0.1, 0.15) is 0 Å². The van der Waals surface area contributed by atoms with E-state index in [-0.39, 0.29) is 12.1 Å². The van der Waals surface area contributed by atoms with E-state index in [1.165, 1.54) is 0 Å². The Morgan fingerprint density at radius 1 is 1.18 bits per heavy atom. The van der Waals surface area contributed by atoms with Gasteiger partial charge in [-0.1, -0.05) is 48.0 Å². The van der Waals surface area contributed by atoms with Gasteiger partial charge in [-0.15, -0.1) is 0 Å². The van der Waals surface area contributed by atoms with Crippen molar-refractivity contribution >= 4 is 23.3 Å². The predicted octanol–water partition coefficient (Wildman–Crippen LogP) is 4.16. The molecule has 0 aliphatic carbocycles. The van der Waals surface area contributed by atoms with Gasteiger partial charge in [-0.3, -0.25) is 0 Å². The Labute approximate surface area is 135 Å². The summed E-state index contributed by atoms with van der Waals surface area (Å²) in [6.45, 7) is 2.39. The molecule has 0 aliphatic rings. The zero-order valence-corrected chi connectivity index (χ0v) is 13.4. The van der Waals surface area contributed by atoms with Crippen molar-refractivity contribution in [1.82, 2.24) is 5.32 Å². The summed E-state index contributed by atoms with van der Waals surface area (Å²) in [6, 6.07) is 14.7. The molecule has 0 saturated heterocycles. The molecule has 0 heterocycles. The number of aryl methyl sites for hydroxylation is 1. The van der Waals surface area contributed by atoms with Crippen molar-refractivity contribution < 1.29 is 9.53 Å². The van der Waals surface area contributed by atoms with E-state index in [4.69, 9.17) is 16.3 Å². The number of nitrogens with one attached hydrogen (secondary N) is 2. The summed E-state index contributed by atoms with van der Waals surface area (Å²) in [5.74, 6) is 0. The number of urea groups is 1. The Bertz CT molecular complexity index is 646. The first-order valence-corrected chi connectivity index (χ1v) is 7.37. The van der Waals surface area contributed by atoms with Crippen LogP contribution in [0.3, 0.4) is 0 Å². The minimum absolute atomic E-state index is 0.196. The van der Waals surface area contributed by atoms with Crippen LogP contribution in [0.4, 0.5) is 10.5 Å². The van der Waals surface area contributed by atoms with E-state index < -0.39 is 0 Å². The Morgan fingerprint density at radius 2 is 1.86 bits per heavy atom. The van der Waals surface area contributed by atoms with E-state index in [9.17, 15) is 4.79 Å². The lowest BCUT2D eigenvalue weighted by molar-refractivity contribution is 0.104. The number of carbonyl (C=O) groups excluding carboxylic acids is 1. The number of halogens is 1. The van der Waals surface area contributed by atoms with Crippen molar-refractivity contribution in [2.24, 2.45) is 0 Å². The van der Waals surface area contributed by atoms with Gasteiger partial charge in [0.15, 0.2) is 0 Å². The lowest BCUT2D eigenvalue weighted by atomic mass is 10.0. The number of hydrogen-bond acceptors (Lipinski definition) is 2. The van der Waals surface area contributed by atoms with Crippen LogP contribution in [0.1, 0.15) is 17.2 Å². The van der Waals surface area contributed by atoms with Gasteiger partial charge < -0.3 is 15.4 Å². The first kappa shape index (κ1) is 16.3. The Morgan fingerprint density at radius 3 is 2.55 bits per heavy atom. The van der Waals surface area contributed by atoms with E-state index in [2.05, 4.69) is 10.6 Å². The second-order valence-electron chi connectivity index (χ2n) is 4.90. The smallest absolute Gasteiger partial charge is 0.319 e. The highest BCUT2D eigenvalue weighted by atomic mass is 35.5. The Kier molecular flexibility index (Phi) is 5.81. The normalized spacial score (nSPS) is 11.8. The fourth-order valence-corrected chi connectivity index (χ4v) is 2.37. The number of para-hydroxylation sites is 1. The third kappa shape index (κ3) is 4.23. The zero-order chi connectivity index (χ0) is 15.9. The van der Waals surface area contributed by atoms with Gasteiger partial charge in [0.2, 0.25) is 0 Å². The summed E-state index contributed by atoms with van der Waals surface area (Å²) in [5, 5.41) is 6.02. The lowest BCUT2D eigenvalue weighted by Gasteiger charge is -2.19. The Balaban J connectivity index is 1.95. The van der Waals surface area contributed by atoms with Gasteiger partial charge in [0.25, 0.3) is 0 Å². The quantitative estimate of drug-likeness (QED) is 0.869. The Hall–Kier alpha value is -2.04. The number of amides is 2. The van der Waals surface area contributed by atoms with Crippen LogP contribution in [0.2, 0.25) is 5.02 Å². The molecule has 2 amide bonds. The minimum atomic E-state index is -0.316. The number of anilines is 1. The number of carbonyl (C=O) groups is 1. The highest BCUT2D eigenvalue weighted by molar-refractivity contribution is 6.33. The molecule has 116 valence electrons. The highest BCUT2D eigenvalue weighted by Gasteiger charge is 2.14. The number of ether oxygens (including phenoxy) is 1. The lowest BCUT2D eigenvalue weighted by Crippen LogP contribution is -2.33. The predicted molar refractivity (Wildman–Crippen MR) is 89.4 cm³/mol. The second-order valence-corrected chi connectivity index (χ2v) is 5.30. The van der Waals surface area contributed by atoms with Crippen LogP contribution in [0.25, 0.3) is 0 Å².